The van der Waals surface area contributed by atoms with E-state index in [2.05, 4.69) is 11.9 Å². The molecule has 0 radical (unpaired) electrons. The maximum Gasteiger partial charge on any atom is 0.143 e. The van der Waals surface area contributed by atoms with Crippen LogP contribution in [0.5, 0.6) is 5.75 Å². The molecule has 0 aliphatic carbocycles. The van der Waals surface area contributed by atoms with Gasteiger partial charge in [-0.2, -0.15) is 0 Å². The van der Waals surface area contributed by atoms with E-state index in [-0.39, 0.29) is 0 Å². The van der Waals surface area contributed by atoms with Crippen LogP contribution in [0, 0.1) is 0 Å². The van der Waals surface area contributed by atoms with Gasteiger partial charge in [-0.3, -0.25) is 4.98 Å². The number of hydrogen-bond donors (Lipinski definition) is 1. The molecule has 1 unspecified atom stereocenters. The zero-order valence-electron chi connectivity index (χ0n) is 9.85. The Morgan fingerprint density at radius 1 is 1.44 bits per heavy atom. The van der Waals surface area contributed by atoms with Gasteiger partial charge in [-0.15, -0.1) is 0 Å². The van der Waals surface area contributed by atoms with Gasteiger partial charge in [0.25, 0.3) is 0 Å². The molecule has 0 bridgehead atoms. The second-order valence-electron chi connectivity index (χ2n) is 3.51. The number of rotatable bonds is 7. The predicted molar refractivity (Wildman–Crippen MR) is 61.5 cm³/mol. The molecule has 1 atom stereocenters. The van der Waals surface area contributed by atoms with Crippen LogP contribution in [0.2, 0.25) is 0 Å². The van der Waals surface area contributed by atoms with Gasteiger partial charge in [0.05, 0.1) is 7.11 Å². The first-order valence-corrected chi connectivity index (χ1v) is 5.54. The van der Waals surface area contributed by atoms with Crippen LogP contribution in [0.15, 0.2) is 18.3 Å². The van der Waals surface area contributed by atoms with E-state index in [1.54, 1.807) is 25.4 Å². The number of nitrogens with zero attached hydrogens (tertiary/aromatic N) is 1. The smallest absolute Gasteiger partial charge is 0.143 e. The lowest BCUT2D eigenvalue weighted by atomic mass is 10.1. The molecule has 1 N–H and O–H groups in total. The highest BCUT2D eigenvalue weighted by Crippen LogP contribution is 2.24. The molecule has 0 spiro atoms. The Labute approximate surface area is 96.2 Å². The minimum absolute atomic E-state index is 0.535. The molecule has 0 amide bonds. The lowest BCUT2D eigenvalue weighted by molar-refractivity contribution is 0.0791. The Morgan fingerprint density at radius 3 is 2.94 bits per heavy atom. The average molecular weight is 225 g/mol. The van der Waals surface area contributed by atoms with Crippen LogP contribution in [-0.4, -0.2) is 30.4 Å². The van der Waals surface area contributed by atoms with Crippen LogP contribution in [0.4, 0.5) is 0 Å². The monoisotopic (exact) mass is 225 g/mol. The minimum Gasteiger partial charge on any atom is -0.495 e. The molecule has 0 fully saturated rings. The zero-order valence-corrected chi connectivity index (χ0v) is 9.85. The highest BCUT2D eigenvalue weighted by atomic mass is 16.5. The second-order valence-corrected chi connectivity index (χ2v) is 3.51. The Bertz CT molecular complexity index is 304. The molecule has 1 heterocycles. The maximum absolute atomic E-state index is 9.91. The normalized spacial score (nSPS) is 12.4. The predicted octanol–water partition coefficient (Wildman–Crippen LogP) is 1.94. The van der Waals surface area contributed by atoms with Crippen LogP contribution in [-0.2, 0) is 4.74 Å². The summed E-state index contributed by atoms with van der Waals surface area (Å²) >= 11 is 0. The van der Waals surface area contributed by atoms with Crippen molar-refractivity contribution >= 4 is 0 Å². The fraction of sp³-hybridized carbons (Fsp3) is 0.583. The van der Waals surface area contributed by atoms with Crippen molar-refractivity contribution in [3.8, 4) is 5.75 Å². The van der Waals surface area contributed by atoms with Gasteiger partial charge in [-0.25, -0.2) is 0 Å². The fourth-order valence-electron chi connectivity index (χ4n) is 1.40. The SMILES string of the molecule is CCCOCCC(O)c1ncccc1OC. The van der Waals surface area contributed by atoms with Gasteiger partial charge >= 0.3 is 0 Å². The molecular formula is C12H19NO3. The summed E-state index contributed by atoms with van der Waals surface area (Å²) in [4.78, 5) is 4.12. The van der Waals surface area contributed by atoms with E-state index < -0.39 is 6.10 Å². The quantitative estimate of drug-likeness (QED) is 0.720. The van der Waals surface area contributed by atoms with Gasteiger partial charge in [-0.1, -0.05) is 6.92 Å². The molecule has 4 heteroatoms. The molecule has 1 aromatic heterocycles. The zero-order chi connectivity index (χ0) is 11.8. The summed E-state index contributed by atoms with van der Waals surface area (Å²) in [5, 5.41) is 9.91. The van der Waals surface area contributed by atoms with Crippen molar-refractivity contribution in [3.63, 3.8) is 0 Å². The van der Waals surface area contributed by atoms with Crippen molar-refractivity contribution in [2.45, 2.75) is 25.9 Å². The Kier molecular flexibility index (Phi) is 5.82. The molecule has 4 nitrogen and oxygen atoms in total. The van der Waals surface area contributed by atoms with E-state index >= 15 is 0 Å². The molecular weight excluding hydrogens is 206 g/mol. The summed E-state index contributed by atoms with van der Waals surface area (Å²) in [7, 11) is 1.57. The van der Waals surface area contributed by atoms with Gasteiger partial charge in [0.1, 0.15) is 17.5 Å². The van der Waals surface area contributed by atoms with E-state index in [9.17, 15) is 5.11 Å². The lowest BCUT2D eigenvalue weighted by Crippen LogP contribution is -2.07. The number of methoxy groups -OCH3 is 1. The van der Waals surface area contributed by atoms with Gasteiger partial charge in [0, 0.05) is 25.8 Å². The summed E-state index contributed by atoms with van der Waals surface area (Å²) in [6.45, 7) is 3.32. The first kappa shape index (κ1) is 12.9. The molecule has 90 valence electrons. The molecule has 16 heavy (non-hydrogen) atoms. The Morgan fingerprint density at radius 2 is 2.25 bits per heavy atom. The fourth-order valence-corrected chi connectivity index (χ4v) is 1.40. The molecule has 0 aromatic carbocycles. The number of aromatic nitrogens is 1. The van der Waals surface area contributed by atoms with Crippen LogP contribution in [0.1, 0.15) is 31.6 Å². The van der Waals surface area contributed by atoms with Crippen molar-refractivity contribution in [2.75, 3.05) is 20.3 Å². The summed E-state index contributed by atoms with van der Waals surface area (Å²) in [6, 6.07) is 3.57. The van der Waals surface area contributed by atoms with Gasteiger partial charge < -0.3 is 14.6 Å². The van der Waals surface area contributed by atoms with E-state index in [4.69, 9.17) is 9.47 Å². The lowest BCUT2D eigenvalue weighted by Gasteiger charge is -2.13. The molecule has 0 aliphatic heterocycles. The van der Waals surface area contributed by atoms with Crippen LogP contribution < -0.4 is 4.74 Å². The summed E-state index contributed by atoms with van der Waals surface area (Å²) in [6.07, 6.45) is 2.54. The molecule has 0 saturated heterocycles. The van der Waals surface area contributed by atoms with E-state index in [1.165, 1.54) is 0 Å². The largest absolute Gasteiger partial charge is 0.495 e. The highest BCUT2D eigenvalue weighted by Gasteiger charge is 2.13. The van der Waals surface area contributed by atoms with Crippen molar-refractivity contribution in [1.82, 2.24) is 4.98 Å². The Balaban J connectivity index is 2.48. The molecule has 1 rings (SSSR count). The van der Waals surface area contributed by atoms with E-state index in [0.717, 1.165) is 13.0 Å². The van der Waals surface area contributed by atoms with Gasteiger partial charge in [0.15, 0.2) is 0 Å². The van der Waals surface area contributed by atoms with Crippen molar-refractivity contribution in [3.05, 3.63) is 24.0 Å². The molecule has 1 aromatic rings. The number of aliphatic hydroxyl groups excluding tert-OH is 1. The van der Waals surface area contributed by atoms with Crippen molar-refractivity contribution in [2.24, 2.45) is 0 Å². The first-order chi connectivity index (χ1) is 7.79. The third kappa shape index (κ3) is 3.79. The van der Waals surface area contributed by atoms with Crippen molar-refractivity contribution < 1.29 is 14.6 Å². The molecule has 0 saturated carbocycles. The van der Waals surface area contributed by atoms with Crippen LogP contribution in [0.3, 0.4) is 0 Å². The standard InChI is InChI=1S/C12H19NO3/c1-3-8-16-9-6-10(14)12-11(15-2)5-4-7-13-12/h4-5,7,10,14H,3,6,8-9H2,1-2H3. The second kappa shape index (κ2) is 7.19. The third-order valence-corrected chi connectivity index (χ3v) is 2.22. The van der Waals surface area contributed by atoms with E-state index in [1.807, 2.05) is 0 Å². The topological polar surface area (TPSA) is 51.6 Å². The summed E-state index contributed by atoms with van der Waals surface area (Å²) < 4.78 is 10.5. The number of ether oxygens (including phenoxy) is 2. The summed E-state index contributed by atoms with van der Waals surface area (Å²) in [5.74, 6) is 0.616. The minimum atomic E-state index is -0.631. The average Bonchev–Trinajstić information content (AvgIpc) is 2.34. The van der Waals surface area contributed by atoms with Crippen LogP contribution in [0.25, 0.3) is 0 Å². The number of hydrogen-bond acceptors (Lipinski definition) is 4. The van der Waals surface area contributed by atoms with Gasteiger partial charge in [0.2, 0.25) is 0 Å². The summed E-state index contributed by atoms with van der Waals surface area (Å²) in [5.41, 5.74) is 0.574. The van der Waals surface area contributed by atoms with Crippen molar-refractivity contribution in [1.29, 1.82) is 0 Å². The number of aliphatic hydroxyl groups is 1. The van der Waals surface area contributed by atoms with Gasteiger partial charge in [-0.05, 0) is 18.6 Å². The maximum atomic E-state index is 9.91. The van der Waals surface area contributed by atoms with E-state index in [0.29, 0.717) is 24.5 Å². The third-order valence-electron chi connectivity index (χ3n) is 2.22. The van der Waals surface area contributed by atoms with Crippen LogP contribution >= 0.6 is 0 Å². The Hall–Kier alpha value is -1.13. The molecule has 0 aliphatic rings. The highest BCUT2D eigenvalue weighted by molar-refractivity contribution is 5.28. The number of pyridine rings is 1. The first-order valence-electron chi connectivity index (χ1n) is 5.54.